The van der Waals surface area contributed by atoms with Crippen LogP contribution in [-0.2, 0) is 0 Å². The molecule has 0 amide bonds. The first kappa shape index (κ1) is 15.9. The standard InChI is InChI=1S/C18H32N2/c1-3-5-11-17(19-14-4-2)18(12-7-8-13-18)20-15-9-6-10-16-20/h17,19H,4,6-16H2,1-2H3. The molecule has 0 aromatic carbocycles. The molecule has 1 aliphatic carbocycles. The third kappa shape index (κ3) is 3.57. The summed E-state index contributed by atoms with van der Waals surface area (Å²) in [4.78, 5) is 2.83. The lowest BCUT2D eigenvalue weighted by atomic mass is 9.82. The smallest absolute Gasteiger partial charge is 0.0371 e. The fourth-order valence-corrected chi connectivity index (χ4v) is 4.19. The topological polar surface area (TPSA) is 15.3 Å². The predicted octanol–water partition coefficient (Wildman–Crippen LogP) is 3.57. The Kier molecular flexibility index (Phi) is 6.39. The van der Waals surface area contributed by atoms with Crippen molar-refractivity contribution in [1.29, 1.82) is 0 Å². The molecule has 2 rings (SSSR count). The van der Waals surface area contributed by atoms with Crippen LogP contribution >= 0.6 is 0 Å². The van der Waals surface area contributed by atoms with Crippen molar-refractivity contribution in [3.63, 3.8) is 0 Å². The number of hydrogen-bond acceptors (Lipinski definition) is 2. The Labute approximate surface area is 125 Å². The van der Waals surface area contributed by atoms with E-state index in [1.165, 1.54) is 64.5 Å². The van der Waals surface area contributed by atoms with Crippen molar-refractivity contribution in [2.45, 2.75) is 83.2 Å². The molecule has 0 bridgehead atoms. The van der Waals surface area contributed by atoms with Crippen LogP contribution in [0.15, 0.2) is 0 Å². The zero-order valence-corrected chi connectivity index (χ0v) is 13.5. The average molecular weight is 276 g/mol. The molecule has 0 aromatic heterocycles. The molecule has 2 aliphatic rings. The van der Waals surface area contributed by atoms with Gasteiger partial charge in [-0.1, -0.05) is 26.2 Å². The molecule has 1 unspecified atom stereocenters. The van der Waals surface area contributed by atoms with Gasteiger partial charge in [0.2, 0.25) is 0 Å². The summed E-state index contributed by atoms with van der Waals surface area (Å²) in [6, 6.07) is 0.565. The Balaban J connectivity index is 2.14. The molecule has 2 heteroatoms. The molecule has 0 aromatic rings. The van der Waals surface area contributed by atoms with Gasteiger partial charge in [-0.15, -0.1) is 11.8 Å². The second-order valence-electron chi connectivity index (χ2n) is 6.50. The Bertz CT molecular complexity index is 327. The van der Waals surface area contributed by atoms with Crippen molar-refractivity contribution in [3.05, 3.63) is 0 Å². The van der Waals surface area contributed by atoms with E-state index in [4.69, 9.17) is 0 Å². The van der Waals surface area contributed by atoms with Crippen LogP contribution in [0.5, 0.6) is 0 Å². The van der Waals surface area contributed by atoms with Crippen LogP contribution in [0, 0.1) is 11.8 Å². The number of piperidine rings is 1. The summed E-state index contributed by atoms with van der Waals surface area (Å²) in [5.41, 5.74) is 0.402. The van der Waals surface area contributed by atoms with Crippen LogP contribution in [0.1, 0.15) is 71.6 Å². The highest BCUT2D eigenvalue weighted by atomic mass is 15.2. The van der Waals surface area contributed by atoms with Crippen LogP contribution in [0.25, 0.3) is 0 Å². The number of nitrogens with one attached hydrogen (secondary N) is 1. The third-order valence-electron chi connectivity index (χ3n) is 5.23. The van der Waals surface area contributed by atoms with Gasteiger partial charge in [0.25, 0.3) is 0 Å². The summed E-state index contributed by atoms with van der Waals surface area (Å²) in [5, 5.41) is 3.84. The van der Waals surface area contributed by atoms with Gasteiger partial charge in [0.1, 0.15) is 0 Å². The van der Waals surface area contributed by atoms with Gasteiger partial charge in [-0.2, -0.15) is 0 Å². The van der Waals surface area contributed by atoms with E-state index in [-0.39, 0.29) is 0 Å². The van der Waals surface area contributed by atoms with Crippen LogP contribution in [-0.4, -0.2) is 36.1 Å². The van der Waals surface area contributed by atoms with Gasteiger partial charge in [0, 0.05) is 18.0 Å². The summed E-state index contributed by atoms with van der Waals surface area (Å²) in [7, 11) is 0. The minimum absolute atomic E-state index is 0.402. The van der Waals surface area contributed by atoms with Gasteiger partial charge in [0.05, 0.1) is 0 Å². The molecule has 20 heavy (non-hydrogen) atoms. The zero-order chi connectivity index (χ0) is 14.3. The van der Waals surface area contributed by atoms with E-state index in [0.717, 1.165) is 13.0 Å². The lowest BCUT2D eigenvalue weighted by Crippen LogP contribution is -2.61. The molecular weight excluding hydrogens is 244 g/mol. The lowest BCUT2D eigenvalue weighted by molar-refractivity contribution is 0.0381. The Morgan fingerprint density at radius 2 is 1.80 bits per heavy atom. The van der Waals surface area contributed by atoms with E-state index in [1.54, 1.807) is 0 Å². The molecular formula is C18H32N2. The van der Waals surface area contributed by atoms with Crippen molar-refractivity contribution < 1.29 is 0 Å². The van der Waals surface area contributed by atoms with E-state index in [2.05, 4.69) is 29.0 Å². The first-order valence-electron chi connectivity index (χ1n) is 8.71. The SMILES string of the molecule is CC#CCC(NCCC)C1(N2CCCCC2)CCCC1. The van der Waals surface area contributed by atoms with Crippen LogP contribution in [0.4, 0.5) is 0 Å². The molecule has 1 saturated carbocycles. The van der Waals surface area contributed by atoms with E-state index in [9.17, 15) is 0 Å². The fraction of sp³-hybridized carbons (Fsp3) is 0.889. The molecule has 1 N–H and O–H groups in total. The zero-order valence-electron chi connectivity index (χ0n) is 13.5. The van der Waals surface area contributed by atoms with Gasteiger partial charge in [-0.25, -0.2) is 0 Å². The summed E-state index contributed by atoms with van der Waals surface area (Å²) < 4.78 is 0. The molecule has 0 radical (unpaired) electrons. The maximum atomic E-state index is 3.84. The highest BCUT2D eigenvalue weighted by Gasteiger charge is 2.45. The van der Waals surface area contributed by atoms with Gasteiger partial charge in [-0.05, 0) is 58.7 Å². The van der Waals surface area contributed by atoms with Gasteiger partial charge in [-0.3, -0.25) is 4.90 Å². The van der Waals surface area contributed by atoms with Crippen molar-refractivity contribution >= 4 is 0 Å². The van der Waals surface area contributed by atoms with Crippen molar-refractivity contribution in [2.24, 2.45) is 0 Å². The van der Waals surface area contributed by atoms with Crippen LogP contribution < -0.4 is 5.32 Å². The Morgan fingerprint density at radius 3 is 2.40 bits per heavy atom. The fourth-order valence-electron chi connectivity index (χ4n) is 4.19. The second-order valence-corrected chi connectivity index (χ2v) is 6.50. The minimum Gasteiger partial charge on any atom is -0.311 e. The average Bonchev–Trinajstić information content (AvgIpc) is 2.99. The number of rotatable bonds is 6. The van der Waals surface area contributed by atoms with Gasteiger partial charge >= 0.3 is 0 Å². The first-order valence-corrected chi connectivity index (χ1v) is 8.71. The van der Waals surface area contributed by atoms with Crippen LogP contribution in [0.2, 0.25) is 0 Å². The van der Waals surface area contributed by atoms with Crippen LogP contribution in [0.3, 0.4) is 0 Å². The molecule has 2 fully saturated rings. The Morgan fingerprint density at radius 1 is 1.10 bits per heavy atom. The van der Waals surface area contributed by atoms with E-state index >= 15 is 0 Å². The quantitative estimate of drug-likeness (QED) is 0.746. The van der Waals surface area contributed by atoms with E-state index in [0.29, 0.717) is 11.6 Å². The highest BCUT2D eigenvalue weighted by molar-refractivity contribution is 5.10. The largest absolute Gasteiger partial charge is 0.311 e. The summed E-state index contributed by atoms with van der Waals surface area (Å²) >= 11 is 0. The number of hydrogen-bond donors (Lipinski definition) is 1. The monoisotopic (exact) mass is 276 g/mol. The predicted molar refractivity (Wildman–Crippen MR) is 86.8 cm³/mol. The van der Waals surface area contributed by atoms with Crippen molar-refractivity contribution in [1.82, 2.24) is 10.2 Å². The molecule has 0 spiro atoms. The van der Waals surface area contributed by atoms with Crippen molar-refractivity contribution in [2.75, 3.05) is 19.6 Å². The summed E-state index contributed by atoms with van der Waals surface area (Å²) in [6.45, 7) is 7.98. The molecule has 1 heterocycles. The first-order chi connectivity index (χ1) is 9.83. The highest BCUT2D eigenvalue weighted by Crippen LogP contribution is 2.40. The molecule has 2 nitrogen and oxygen atoms in total. The molecule has 1 atom stereocenters. The normalized spacial score (nSPS) is 24.1. The molecule has 114 valence electrons. The maximum Gasteiger partial charge on any atom is 0.0371 e. The van der Waals surface area contributed by atoms with Crippen molar-refractivity contribution in [3.8, 4) is 11.8 Å². The molecule has 1 aliphatic heterocycles. The molecule has 1 saturated heterocycles. The maximum absolute atomic E-state index is 3.84. The van der Waals surface area contributed by atoms with E-state index < -0.39 is 0 Å². The Hall–Kier alpha value is -0.520. The van der Waals surface area contributed by atoms with E-state index in [1.807, 2.05) is 6.92 Å². The number of nitrogens with zero attached hydrogens (tertiary/aromatic N) is 1. The minimum atomic E-state index is 0.402. The number of likely N-dealkylation sites (tertiary alicyclic amines) is 1. The third-order valence-corrected chi connectivity index (χ3v) is 5.23. The van der Waals surface area contributed by atoms with Gasteiger partial charge < -0.3 is 5.32 Å². The summed E-state index contributed by atoms with van der Waals surface area (Å²) in [6.07, 6.45) is 12.0. The summed E-state index contributed by atoms with van der Waals surface area (Å²) in [5.74, 6) is 6.47. The lowest BCUT2D eigenvalue weighted by Gasteiger charge is -2.48. The van der Waals surface area contributed by atoms with Gasteiger partial charge in [0.15, 0.2) is 0 Å². The second kappa shape index (κ2) is 8.05.